The van der Waals surface area contributed by atoms with Crippen molar-refractivity contribution in [3.63, 3.8) is 0 Å². The Morgan fingerprint density at radius 3 is 2.60 bits per heavy atom. The molecule has 160 valence electrons. The van der Waals surface area contributed by atoms with Crippen LogP contribution in [0.25, 0.3) is 22.2 Å². The molecule has 0 aliphatic carbocycles. The Labute approximate surface area is 178 Å². The van der Waals surface area contributed by atoms with Gasteiger partial charge >= 0.3 is 0 Å². The van der Waals surface area contributed by atoms with Crippen LogP contribution in [-0.2, 0) is 4.74 Å². The van der Waals surface area contributed by atoms with Crippen molar-refractivity contribution < 1.29 is 9.13 Å². The molecule has 7 heteroatoms. The molecule has 2 aromatic heterocycles. The molecule has 3 heterocycles. The van der Waals surface area contributed by atoms with Crippen LogP contribution in [0.4, 0.5) is 10.2 Å². The van der Waals surface area contributed by atoms with Gasteiger partial charge < -0.3 is 15.0 Å². The molecular weight excluding hydrogens is 395 g/mol. The molecule has 1 atom stereocenters. The Bertz CT molecular complexity index is 1000. The van der Waals surface area contributed by atoms with Gasteiger partial charge in [0, 0.05) is 29.6 Å². The molecule has 0 spiro atoms. The molecule has 2 N–H and O–H groups in total. The molecule has 0 amide bonds. The first-order valence-corrected chi connectivity index (χ1v) is 13.7. The smallest absolute Gasteiger partial charge is 0.143 e. The van der Waals surface area contributed by atoms with Gasteiger partial charge in [0.2, 0.25) is 0 Å². The SMILES string of the molecule is CC[Si](CC)(CC)c1[nH]c2ncnc(NC[C@@H]3CCCO3)c2c1-c1ccccc1F. The fourth-order valence-corrected chi connectivity index (χ4v) is 8.52. The number of nitrogens with one attached hydrogen (secondary N) is 2. The molecule has 1 aromatic carbocycles. The number of hydrogen-bond acceptors (Lipinski definition) is 4. The van der Waals surface area contributed by atoms with Crippen LogP contribution in [0.2, 0.25) is 18.1 Å². The molecule has 4 rings (SSSR count). The third-order valence-electron chi connectivity index (χ3n) is 6.82. The van der Waals surface area contributed by atoms with Crippen molar-refractivity contribution in [3.8, 4) is 11.1 Å². The minimum Gasteiger partial charge on any atom is -0.376 e. The number of nitrogens with zero attached hydrogens (tertiary/aromatic N) is 2. The maximum atomic E-state index is 15.0. The van der Waals surface area contributed by atoms with E-state index in [0.29, 0.717) is 12.1 Å². The normalized spacial score (nSPS) is 17.0. The summed E-state index contributed by atoms with van der Waals surface area (Å²) in [7, 11) is -1.84. The first-order chi connectivity index (χ1) is 14.6. The maximum Gasteiger partial charge on any atom is 0.143 e. The van der Waals surface area contributed by atoms with Crippen molar-refractivity contribution in [1.82, 2.24) is 15.0 Å². The van der Waals surface area contributed by atoms with Crippen LogP contribution in [-0.4, -0.2) is 42.3 Å². The summed E-state index contributed by atoms with van der Waals surface area (Å²) in [6, 6.07) is 10.3. The summed E-state index contributed by atoms with van der Waals surface area (Å²) in [5, 5.41) is 5.56. The molecular formula is C23H31FN4OSi. The highest BCUT2D eigenvalue weighted by Crippen LogP contribution is 2.36. The largest absolute Gasteiger partial charge is 0.376 e. The summed E-state index contributed by atoms with van der Waals surface area (Å²) in [5.41, 5.74) is 2.34. The van der Waals surface area contributed by atoms with Gasteiger partial charge in [-0.1, -0.05) is 57.1 Å². The van der Waals surface area contributed by atoms with Crippen molar-refractivity contribution >= 4 is 30.2 Å². The summed E-state index contributed by atoms with van der Waals surface area (Å²) >= 11 is 0. The van der Waals surface area contributed by atoms with Gasteiger partial charge in [0.15, 0.2) is 0 Å². The average molecular weight is 427 g/mol. The van der Waals surface area contributed by atoms with Crippen LogP contribution in [0.5, 0.6) is 0 Å². The molecule has 1 fully saturated rings. The molecule has 1 aliphatic heterocycles. The van der Waals surface area contributed by atoms with Crippen LogP contribution >= 0.6 is 0 Å². The fourth-order valence-electron chi connectivity index (χ4n) is 4.78. The second kappa shape index (κ2) is 8.86. The number of aromatic amines is 1. The Morgan fingerprint density at radius 2 is 1.93 bits per heavy atom. The monoisotopic (exact) mass is 426 g/mol. The van der Waals surface area contributed by atoms with E-state index in [1.165, 1.54) is 11.4 Å². The molecule has 5 nitrogen and oxygen atoms in total. The van der Waals surface area contributed by atoms with Gasteiger partial charge in [-0.3, -0.25) is 0 Å². The molecule has 0 bridgehead atoms. The number of halogens is 1. The first-order valence-electron chi connectivity index (χ1n) is 11.1. The molecule has 3 aromatic rings. The van der Waals surface area contributed by atoms with E-state index in [-0.39, 0.29) is 11.9 Å². The van der Waals surface area contributed by atoms with E-state index < -0.39 is 8.07 Å². The van der Waals surface area contributed by atoms with E-state index in [4.69, 9.17) is 4.74 Å². The van der Waals surface area contributed by atoms with Gasteiger partial charge in [-0.15, -0.1) is 0 Å². The predicted octanol–water partition coefficient (Wildman–Crippen LogP) is 5.07. The molecule has 1 saturated heterocycles. The summed E-state index contributed by atoms with van der Waals surface area (Å²) in [6.07, 6.45) is 3.93. The van der Waals surface area contributed by atoms with Gasteiger partial charge in [-0.25, -0.2) is 14.4 Å². The molecule has 30 heavy (non-hydrogen) atoms. The predicted molar refractivity (Wildman–Crippen MR) is 124 cm³/mol. The van der Waals surface area contributed by atoms with Crippen LogP contribution < -0.4 is 10.6 Å². The summed E-state index contributed by atoms with van der Waals surface area (Å²) < 4.78 is 20.8. The topological polar surface area (TPSA) is 62.8 Å². The van der Waals surface area contributed by atoms with E-state index in [0.717, 1.165) is 60.0 Å². The first kappa shape index (κ1) is 21.0. The molecule has 0 unspecified atom stereocenters. The summed E-state index contributed by atoms with van der Waals surface area (Å²) in [6.45, 7) is 8.30. The Balaban J connectivity index is 1.92. The minimum absolute atomic E-state index is 0.195. The second-order valence-corrected chi connectivity index (χ2v) is 13.3. The van der Waals surface area contributed by atoms with Gasteiger partial charge in [0.25, 0.3) is 0 Å². The van der Waals surface area contributed by atoms with Gasteiger partial charge in [-0.2, -0.15) is 0 Å². The van der Waals surface area contributed by atoms with E-state index >= 15 is 4.39 Å². The second-order valence-electron chi connectivity index (χ2n) is 8.16. The Hall–Kier alpha value is -2.25. The number of benzene rings is 1. The van der Waals surface area contributed by atoms with Crippen molar-refractivity contribution in [3.05, 3.63) is 36.4 Å². The molecule has 1 aliphatic rings. The molecule has 0 radical (unpaired) electrons. The number of ether oxygens (including phenoxy) is 1. The highest BCUT2D eigenvalue weighted by molar-refractivity contribution is 6.92. The number of rotatable bonds is 8. The van der Waals surface area contributed by atoms with Crippen LogP contribution in [0.15, 0.2) is 30.6 Å². The quantitative estimate of drug-likeness (QED) is 0.494. The number of aromatic nitrogens is 3. The van der Waals surface area contributed by atoms with E-state index in [9.17, 15) is 0 Å². The zero-order valence-electron chi connectivity index (χ0n) is 18.1. The number of anilines is 1. The lowest BCUT2D eigenvalue weighted by Gasteiger charge is -2.28. The van der Waals surface area contributed by atoms with Crippen molar-refractivity contribution in [1.29, 1.82) is 0 Å². The number of fused-ring (bicyclic) bond motifs is 1. The lowest BCUT2D eigenvalue weighted by Crippen LogP contribution is -2.47. The average Bonchev–Trinajstić information content (AvgIpc) is 3.43. The van der Waals surface area contributed by atoms with Gasteiger partial charge in [0.05, 0.1) is 11.5 Å². The van der Waals surface area contributed by atoms with Crippen molar-refractivity contribution in [2.75, 3.05) is 18.5 Å². The zero-order valence-corrected chi connectivity index (χ0v) is 19.1. The van der Waals surface area contributed by atoms with Gasteiger partial charge in [0.1, 0.15) is 31.7 Å². The third-order valence-corrected chi connectivity index (χ3v) is 12.3. The highest BCUT2D eigenvalue weighted by atomic mass is 28.3. The lowest BCUT2D eigenvalue weighted by molar-refractivity contribution is 0.120. The Morgan fingerprint density at radius 1 is 1.17 bits per heavy atom. The summed E-state index contributed by atoms with van der Waals surface area (Å²) in [5.74, 6) is 0.544. The summed E-state index contributed by atoms with van der Waals surface area (Å²) in [4.78, 5) is 12.7. The third kappa shape index (κ3) is 3.65. The lowest BCUT2D eigenvalue weighted by atomic mass is 10.1. The van der Waals surface area contributed by atoms with E-state index in [1.807, 2.05) is 12.1 Å². The Kier molecular flexibility index (Phi) is 6.20. The van der Waals surface area contributed by atoms with Crippen molar-refractivity contribution in [2.24, 2.45) is 0 Å². The fraction of sp³-hybridized carbons (Fsp3) is 0.478. The van der Waals surface area contributed by atoms with Crippen LogP contribution in [0.1, 0.15) is 33.6 Å². The number of H-pyrrole nitrogens is 1. The molecule has 0 saturated carbocycles. The zero-order chi connectivity index (χ0) is 21.1. The minimum atomic E-state index is -1.84. The van der Waals surface area contributed by atoms with Crippen LogP contribution in [0, 0.1) is 5.82 Å². The van der Waals surface area contributed by atoms with E-state index in [1.54, 1.807) is 12.4 Å². The number of hydrogen-bond donors (Lipinski definition) is 2. The standard InChI is InChI=1S/C23H31FN4OSi/c1-4-30(5-2,6-3)23-19(17-11-7-8-12-18(17)24)20-21(26-15-27-22(20)28-23)25-14-16-10-9-13-29-16/h7-8,11-12,15-16H,4-6,9-10,13-14H2,1-3H3,(H2,25,26,27,28)/t16-/m0/s1. The van der Waals surface area contributed by atoms with E-state index in [2.05, 4.69) is 41.0 Å². The highest BCUT2D eigenvalue weighted by Gasteiger charge is 2.36. The van der Waals surface area contributed by atoms with Crippen molar-refractivity contribution in [2.45, 2.75) is 57.8 Å². The van der Waals surface area contributed by atoms with Gasteiger partial charge in [-0.05, 0) is 18.9 Å². The maximum absolute atomic E-state index is 15.0. The van der Waals surface area contributed by atoms with Crippen LogP contribution in [0.3, 0.4) is 0 Å².